The van der Waals surface area contributed by atoms with Crippen molar-refractivity contribution in [1.82, 2.24) is 19.5 Å². The molecule has 0 aliphatic carbocycles. The molecule has 0 unspecified atom stereocenters. The summed E-state index contributed by atoms with van der Waals surface area (Å²) >= 11 is 0. The molecule has 1 N–H and O–H groups in total. The summed E-state index contributed by atoms with van der Waals surface area (Å²) in [7, 11) is 0. The van der Waals surface area contributed by atoms with E-state index in [9.17, 15) is 4.79 Å². The predicted molar refractivity (Wildman–Crippen MR) is 61.4 cm³/mol. The molecule has 6 heteroatoms. The molecule has 0 amide bonds. The van der Waals surface area contributed by atoms with Gasteiger partial charge in [0.05, 0.1) is 0 Å². The molecule has 88 valence electrons. The summed E-state index contributed by atoms with van der Waals surface area (Å²) in [5, 5.41) is 16.1. The minimum atomic E-state index is -0.959. The van der Waals surface area contributed by atoms with Crippen molar-refractivity contribution in [2.75, 3.05) is 0 Å². The van der Waals surface area contributed by atoms with E-state index in [1.54, 1.807) is 23.4 Å². The number of carboxylic acid groups (broad SMARTS) is 1. The molecule has 0 saturated carbocycles. The minimum Gasteiger partial charge on any atom is -0.478 e. The standard InChI is InChI=1S/C11H12N4O2/c1-8-5-10(3-4-11(16)17)9(2)15(8)14-6-12-13-7-14/h3-7H,1-2H3,(H,16,17)/b4-3+. The Morgan fingerprint density at radius 2 is 2.00 bits per heavy atom. The lowest BCUT2D eigenvalue weighted by Gasteiger charge is -2.08. The van der Waals surface area contributed by atoms with Crippen LogP contribution in [0.2, 0.25) is 0 Å². The first-order chi connectivity index (χ1) is 8.09. The molecule has 0 aromatic carbocycles. The summed E-state index contributed by atoms with van der Waals surface area (Å²) < 4.78 is 3.64. The third-order valence-corrected chi connectivity index (χ3v) is 2.48. The number of hydrogen-bond acceptors (Lipinski definition) is 3. The van der Waals surface area contributed by atoms with Crippen molar-refractivity contribution in [3.63, 3.8) is 0 Å². The van der Waals surface area contributed by atoms with Gasteiger partial charge in [-0.05, 0) is 31.6 Å². The highest BCUT2D eigenvalue weighted by atomic mass is 16.4. The largest absolute Gasteiger partial charge is 0.478 e. The van der Waals surface area contributed by atoms with Crippen LogP contribution in [0.25, 0.3) is 6.08 Å². The number of carboxylic acids is 1. The maximum Gasteiger partial charge on any atom is 0.328 e. The van der Waals surface area contributed by atoms with Crippen LogP contribution in [-0.2, 0) is 4.79 Å². The topological polar surface area (TPSA) is 72.9 Å². The zero-order valence-corrected chi connectivity index (χ0v) is 9.53. The summed E-state index contributed by atoms with van der Waals surface area (Å²) in [6.07, 6.45) is 5.87. The van der Waals surface area contributed by atoms with Gasteiger partial charge in [0, 0.05) is 17.5 Å². The Bertz CT molecular complexity index is 567. The zero-order valence-electron chi connectivity index (χ0n) is 9.53. The van der Waals surface area contributed by atoms with Gasteiger partial charge in [0.2, 0.25) is 0 Å². The molecule has 2 aromatic rings. The van der Waals surface area contributed by atoms with Crippen LogP contribution in [0.3, 0.4) is 0 Å². The molecule has 0 aliphatic heterocycles. The van der Waals surface area contributed by atoms with E-state index in [2.05, 4.69) is 10.2 Å². The van der Waals surface area contributed by atoms with Gasteiger partial charge in [-0.2, -0.15) is 0 Å². The lowest BCUT2D eigenvalue weighted by molar-refractivity contribution is -0.131. The van der Waals surface area contributed by atoms with Crippen LogP contribution in [0.5, 0.6) is 0 Å². The molecule has 0 fully saturated rings. The van der Waals surface area contributed by atoms with E-state index < -0.39 is 5.97 Å². The second-order valence-electron chi connectivity index (χ2n) is 3.65. The van der Waals surface area contributed by atoms with Crippen LogP contribution in [0, 0.1) is 13.8 Å². The highest BCUT2D eigenvalue weighted by Crippen LogP contribution is 2.16. The number of nitrogens with zero attached hydrogens (tertiary/aromatic N) is 4. The van der Waals surface area contributed by atoms with E-state index in [1.165, 1.54) is 0 Å². The van der Waals surface area contributed by atoms with Crippen molar-refractivity contribution in [2.24, 2.45) is 0 Å². The Morgan fingerprint density at radius 3 is 2.59 bits per heavy atom. The van der Waals surface area contributed by atoms with E-state index in [0.717, 1.165) is 23.0 Å². The molecule has 0 radical (unpaired) electrons. The predicted octanol–water partition coefficient (Wildman–Crippen LogP) is 1.11. The van der Waals surface area contributed by atoms with Gasteiger partial charge in [-0.3, -0.25) is 4.68 Å². The first-order valence-electron chi connectivity index (χ1n) is 5.05. The molecule has 0 aliphatic rings. The average molecular weight is 232 g/mol. The normalized spacial score (nSPS) is 11.2. The second kappa shape index (κ2) is 4.25. The van der Waals surface area contributed by atoms with Gasteiger partial charge in [-0.15, -0.1) is 10.2 Å². The summed E-state index contributed by atoms with van der Waals surface area (Å²) in [4.78, 5) is 10.5. The highest BCUT2D eigenvalue weighted by Gasteiger charge is 2.08. The number of hydrogen-bond donors (Lipinski definition) is 1. The van der Waals surface area contributed by atoms with Crippen molar-refractivity contribution >= 4 is 12.0 Å². The second-order valence-corrected chi connectivity index (χ2v) is 3.65. The number of aliphatic carboxylic acids is 1. The van der Waals surface area contributed by atoms with Crippen molar-refractivity contribution in [3.05, 3.63) is 41.7 Å². The van der Waals surface area contributed by atoms with E-state index >= 15 is 0 Å². The minimum absolute atomic E-state index is 0.860. The molecular weight excluding hydrogens is 220 g/mol. The molecular formula is C11H12N4O2. The molecule has 17 heavy (non-hydrogen) atoms. The van der Waals surface area contributed by atoms with Crippen LogP contribution in [0.15, 0.2) is 24.8 Å². The Labute approximate surface area is 97.8 Å². The van der Waals surface area contributed by atoms with Crippen LogP contribution >= 0.6 is 0 Å². The molecule has 0 saturated heterocycles. The molecule has 2 heterocycles. The summed E-state index contributed by atoms with van der Waals surface area (Å²) in [6, 6.07) is 1.91. The Morgan fingerprint density at radius 1 is 1.35 bits per heavy atom. The highest BCUT2D eigenvalue weighted by molar-refractivity contribution is 5.85. The van der Waals surface area contributed by atoms with Gasteiger partial charge in [-0.25, -0.2) is 9.47 Å². The van der Waals surface area contributed by atoms with Crippen molar-refractivity contribution in [2.45, 2.75) is 13.8 Å². The lowest BCUT2D eigenvalue weighted by Crippen LogP contribution is -2.10. The fraction of sp³-hybridized carbons (Fsp3) is 0.182. The fourth-order valence-corrected chi connectivity index (χ4v) is 1.76. The SMILES string of the molecule is Cc1cc(/C=C/C(=O)O)c(C)n1-n1cnnc1. The van der Waals surface area contributed by atoms with Crippen molar-refractivity contribution < 1.29 is 9.90 Å². The quantitative estimate of drug-likeness (QED) is 0.804. The smallest absolute Gasteiger partial charge is 0.328 e. The Balaban J connectivity index is 2.46. The van der Waals surface area contributed by atoms with E-state index in [4.69, 9.17) is 5.11 Å². The van der Waals surface area contributed by atoms with Gasteiger partial charge in [0.15, 0.2) is 0 Å². The van der Waals surface area contributed by atoms with E-state index in [0.29, 0.717) is 0 Å². The Hall–Kier alpha value is -2.37. The molecule has 2 aromatic heterocycles. The van der Waals surface area contributed by atoms with E-state index in [1.807, 2.05) is 24.6 Å². The van der Waals surface area contributed by atoms with Crippen LogP contribution in [0.1, 0.15) is 17.0 Å². The maximum absolute atomic E-state index is 10.5. The van der Waals surface area contributed by atoms with Gasteiger partial charge < -0.3 is 5.11 Å². The molecule has 0 atom stereocenters. The van der Waals surface area contributed by atoms with Crippen molar-refractivity contribution in [1.29, 1.82) is 0 Å². The third kappa shape index (κ3) is 2.10. The van der Waals surface area contributed by atoms with Gasteiger partial charge >= 0.3 is 5.97 Å². The summed E-state index contributed by atoms with van der Waals surface area (Å²) in [5.74, 6) is -0.959. The lowest BCUT2D eigenvalue weighted by atomic mass is 10.2. The first-order valence-corrected chi connectivity index (χ1v) is 5.05. The summed E-state index contributed by atoms with van der Waals surface area (Å²) in [6.45, 7) is 3.85. The Kier molecular flexibility index (Phi) is 2.78. The third-order valence-electron chi connectivity index (χ3n) is 2.48. The maximum atomic E-state index is 10.5. The molecule has 0 spiro atoms. The van der Waals surface area contributed by atoms with Gasteiger partial charge in [0.1, 0.15) is 12.7 Å². The average Bonchev–Trinajstić information content (AvgIpc) is 2.84. The summed E-state index contributed by atoms with van der Waals surface area (Å²) in [5.41, 5.74) is 2.77. The number of rotatable bonds is 3. The monoisotopic (exact) mass is 232 g/mol. The molecule has 6 nitrogen and oxygen atoms in total. The van der Waals surface area contributed by atoms with Gasteiger partial charge in [-0.1, -0.05) is 0 Å². The van der Waals surface area contributed by atoms with Crippen LogP contribution in [-0.4, -0.2) is 30.6 Å². The van der Waals surface area contributed by atoms with Crippen LogP contribution in [0.4, 0.5) is 0 Å². The number of carbonyl (C=O) groups is 1. The number of aromatic nitrogens is 4. The fourth-order valence-electron chi connectivity index (χ4n) is 1.76. The first kappa shape index (κ1) is 11.1. The molecule has 0 bridgehead atoms. The van der Waals surface area contributed by atoms with Crippen LogP contribution < -0.4 is 0 Å². The number of aryl methyl sites for hydroxylation is 1. The van der Waals surface area contributed by atoms with E-state index in [-0.39, 0.29) is 0 Å². The zero-order chi connectivity index (χ0) is 12.4. The van der Waals surface area contributed by atoms with Crippen molar-refractivity contribution in [3.8, 4) is 0 Å². The molecule has 2 rings (SSSR count). The van der Waals surface area contributed by atoms with Gasteiger partial charge in [0.25, 0.3) is 0 Å².